The van der Waals surface area contributed by atoms with E-state index in [4.69, 9.17) is 4.74 Å². The van der Waals surface area contributed by atoms with E-state index in [9.17, 15) is 0 Å². The molecule has 3 aromatic carbocycles. The number of hydrogen-bond donors (Lipinski definition) is 0. The standard InChI is InChI=1S/C19H18O/c1-2-6-17(7-3-1)15-20-13-12-16-10-11-18-8-4-5-9-19(18)14-16/h1-11,14H,12-13,15H2. The van der Waals surface area contributed by atoms with E-state index in [1.54, 1.807) is 0 Å². The second-order valence-corrected chi connectivity index (χ2v) is 4.97. The van der Waals surface area contributed by atoms with Crippen molar-refractivity contribution in [1.29, 1.82) is 0 Å². The van der Waals surface area contributed by atoms with E-state index >= 15 is 0 Å². The van der Waals surface area contributed by atoms with Gasteiger partial charge in [0.2, 0.25) is 0 Å². The highest BCUT2D eigenvalue weighted by Gasteiger charge is 1.97. The van der Waals surface area contributed by atoms with Crippen LogP contribution in [0.15, 0.2) is 72.8 Å². The Morgan fingerprint density at radius 3 is 2.25 bits per heavy atom. The summed E-state index contributed by atoms with van der Waals surface area (Å²) in [5, 5.41) is 2.59. The minimum absolute atomic E-state index is 0.689. The maximum Gasteiger partial charge on any atom is 0.0717 e. The van der Waals surface area contributed by atoms with Crippen molar-refractivity contribution in [2.45, 2.75) is 13.0 Å². The molecule has 0 fully saturated rings. The minimum atomic E-state index is 0.689. The van der Waals surface area contributed by atoms with Crippen molar-refractivity contribution in [3.63, 3.8) is 0 Å². The fourth-order valence-electron chi connectivity index (χ4n) is 2.35. The molecule has 3 rings (SSSR count). The molecule has 0 amide bonds. The number of fused-ring (bicyclic) bond motifs is 1. The molecule has 1 nitrogen and oxygen atoms in total. The Morgan fingerprint density at radius 2 is 1.40 bits per heavy atom. The first-order valence-electron chi connectivity index (χ1n) is 7.01. The first-order valence-corrected chi connectivity index (χ1v) is 7.01. The van der Waals surface area contributed by atoms with Crippen molar-refractivity contribution in [2.24, 2.45) is 0 Å². The van der Waals surface area contributed by atoms with Crippen LogP contribution in [0.3, 0.4) is 0 Å². The van der Waals surface area contributed by atoms with Gasteiger partial charge in [0.05, 0.1) is 13.2 Å². The third kappa shape index (κ3) is 3.25. The van der Waals surface area contributed by atoms with Crippen molar-refractivity contribution in [3.05, 3.63) is 83.9 Å². The lowest BCUT2D eigenvalue weighted by atomic mass is 10.1. The predicted molar refractivity (Wildman–Crippen MR) is 83.8 cm³/mol. The molecule has 0 saturated carbocycles. The predicted octanol–water partition coefficient (Wildman–Crippen LogP) is 4.60. The normalized spacial score (nSPS) is 10.8. The van der Waals surface area contributed by atoms with E-state index in [0.717, 1.165) is 13.0 Å². The van der Waals surface area contributed by atoms with Crippen LogP contribution in [0, 0.1) is 0 Å². The zero-order valence-electron chi connectivity index (χ0n) is 11.5. The summed E-state index contributed by atoms with van der Waals surface area (Å²) in [5.74, 6) is 0. The van der Waals surface area contributed by atoms with Gasteiger partial charge in [0.25, 0.3) is 0 Å². The lowest BCUT2D eigenvalue weighted by Gasteiger charge is -2.06. The average Bonchev–Trinajstić information content (AvgIpc) is 2.52. The summed E-state index contributed by atoms with van der Waals surface area (Å²) >= 11 is 0. The Hall–Kier alpha value is -2.12. The van der Waals surface area contributed by atoms with Gasteiger partial charge in [0, 0.05) is 0 Å². The molecule has 0 heterocycles. The van der Waals surface area contributed by atoms with Crippen molar-refractivity contribution >= 4 is 10.8 Å². The molecule has 0 aliphatic rings. The molecule has 0 aliphatic carbocycles. The zero-order valence-corrected chi connectivity index (χ0v) is 11.5. The smallest absolute Gasteiger partial charge is 0.0717 e. The van der Waals surface area contributed by atoms with Crippen LogP contribution in [-0.4, -0.2) is 6.61 Å². The van der Waals surface area contributed by atoms with Gasteiger partial charge in [0.1, 0.15) is 0 Å². The molecule has 20 heavy (non-hydrogen) atoms. The summed E-state index contributed by atoms with van der Waals surface area (Å²) in [4.78, 5) is 0. The van der Waals surface area contributed by atoms with Crippen LogP contribution in [0.5, 0.6) is 0 Å². The summed E-state index contributed by atoms with van der Waals surface area (Å²) in [6.07, 6.45) is 0.956. The highest BCUT2D eigenvalue weighted by molar-refractivity contribution is 5.82. The van der Waals surface area contributed by atoms with E-state index in [1.807, 2.05) is 18.2 Å². The SMILES string of the molecule is c1ccc(COCCc2ccc3ccccc3c2)cc1. The number of ether oxygens (including phenoxy) is 1. The summed E-state index contributed by atoms with van der Waals surface area (Å²) in [6, 6.07) is 25.4. The van der Waals surface area contributed by atoms with Gasteiger partial charge in [-0.2, -0.15) is 0 Å². The molecule has 0 bridgehead atoms. The Bertz CT molecular complexity index is 673. The maximum absolute atomic E-state index is 5.74. The van der Waals surface area contributed by atoms with Crippen LogP contribution in [-0.2, 0) is 17.8 Å². The molecule has 0 N–H and O–H groups in total. The first kappa shape index (κ1) is 12.9. The quantitative estimate of drug-likeness (QED) is 0.611. The van der Waals surface area contributed by atoms with Crippen LogP contribution < -0.4 is 0 Å². The van der Waals surface area contributed by atoms with Gasteiger partial charge in [-0.05, 0) is 28.3 Å². The highest BCUT2D eigenvalue weighted by atomic mass is 16.5. The lowest BCUT2D eigenvalue weighted by molar-refractivity contribution is 0.124. The molecular formula is C19H18O. The molecule has 0 atom stereocenters. The largest absolute Gasteiger partial charge is 0.376 e. The van der Waals surface area contributed by atoms with Crippen molar-refractivity contribution in [2.75, 3.05) is 6.61 Å². The van der Waals surface area contributed by atoms with E-state index in [2.05, 4.69) is 54.6 Å². The molecule has 0 spiro atoms. The van der Waals surface area contributed by atoms with Crippen LogP contribution in [0.25, 0.3) is 10.8 Å². The van der Waals surface area contributed by atoms with Gasteiger partial charge in [-0.15, -0.1) is 0 Å². The summed E-state index contributed by atoms with van der Waals surface area (Å²) in [6.45, 7) is 1.45. The van der Waals surface area contributed by atoms with Gasteiger partial charge in [-0.1, -0.05) is 72.8 Å². The molecule has 0 aromatic heterocycles. The number of benzene rings is 3. The van der Waals surface area contributed by atoms with E-state index in [0.29, 0.717) is 6.61 Å². The van der Waals surface area contributed by atoms with Crippen molar-refractivity contribution in [3.8, 4) is 0 Å². The van der Waals surface area contributed by atoms with Gasteiger partial charge in [0.15, 0.2) is 0 Å². The van der Waals surface area contributed by atoms with Gasteiger partial charge < -0.3 is 4.74 Å². The molecule has 100 valence electrons. The average molecular weight is 262 g/mol. The second-order valence-electron chi connectivity index (χ2n) is 4.97. The third-order valence-electron chi connectivity index (χ3n) is 3.46. The van der Waals surface area contributed by atoms with Crippen LogP contribution in [0.2, 0.25) is 0 Å². The number of rotatable bonds is 5. The van der Waals surface area contributed by atoms with Crippen LogP contribution in [0.1, 0.15) is 11.1 Å². The minimum Gasteiger partial charge on any atom is -0.376 e. The fraction of sp³-hybridized carbons (Fsp3) is 0.158. The molecular weight excluding hydrogens is 244 g/mol. The first-order chi connectivity index (χ1) is 9.92. The Kier molecular flexibility index (Phi) is 4.10. The summed E-state index contributed by atoms with van der Waals surface area (Å²) < 4.78 is 5.74. The monoisotopic (exact) mass is 262 g/mol. The second kappa shape index (κ2) is 6.36. The van der Waals surface area contributed by atoms with Gasteiger partial charge >= 0.3 is 0 Å². The Morgan fingerprint density at radius 1 is 0.650 bits per heavy atom. The highest BCUT2D eigenvalue weighted by Crippen LogP contribution is 2.16. The van der Waals surface area contributed by atoms with Crippen molar-refractivity contribution in [1.82, 2.24) is 0 Å². The van der Waals surface area contributed by atoms with E-state index in [-0.39, 0.29) is 0 Å². The lowest BCUT2D eigenvalue weighted by Crippen LogP contribution is -1.99. The molecule has 0 radical (unpaired) electrons. The molecule has 0 aliphatic heterocycles. The van der Waals surface area contributed by atoms with E-state index in [1.165, 1.54) is 21.9 Å². The summed E-state index contributed by atoms with van der Waals surface area (Å²) in [7, 11) is 0. The van der Waals surface area contributed by atoms with E-state index < -0.39 is 0 Å². The van der Waals surface area contributed by atoms with Crippen LogP contribution >= 0.6 is 0 Å². The zero-order chi connectivity index (χ0) is 13.6. The fourth-order valence-corrected chi connectivity index (χ4v) is 2.35. The number of hydrogen-bond acceptors (Lipinski definition) is 1. The molecule has 3 aromatic rings. The van der Waals surface area contributed by atoms with Crippen LogP contribution in [0.4, 0.5) is 0 Å². The van der Waals surface area contributed by atoms with Crippen molar-refractivity contribution < 1.29 is 4.74 Å². The topological polar surface area (TPSA) is 9.23 Å². The molecule has 0 unspecified atom stereocenters. The Labute approximate surface area is 119 Å². The van der Waals surface area contributed by atoms with Gasteiger partial charge in [-0.3, -0.25) is 0 Å². The third-order valence-corrected chi connectivity index (χ3v) is 3.46. The maximum atomic E-state index is 5.74. The Balaban J connectivity index is 1.55. The molecule has 1 heteroatoms. The van der Waals surface area contributed by atoms with Gasteiger partial charge in [-0.25, -0.2) is 0 Å². The molecule has 0 saturated heterocycles. The summed E-state index contributed by atoms with van der Waals surface area (Å²) in [5.41, 5.74) is 2.56.